The first-order chi connectivity index (χ1) is 8.36. The number of aromatic nitrogens is 4. The number of hydrogen-bond acceptors (Lipinski definition) is 4. The molecule has 82 valence electrons. The molecule has 0 saturated heterocycles. The summed E-state index contributed by atoms with van der Waals surface area (Å²) in [4.78, 5) is 23.7. The van der Waals surface area contributed by atoms with Gasteiger partial charge in [0.05, 0.1) is 11.1 Å². The first-order valence-corrected chi connectivity index (χ1v) is 5.09. The summed E-state index contributed by atoms with van der Waals surface area (Å²) >= 11 is 0. The van der Waals surface area contributed by atoms with E-state index < -0.39 is 0 Å². The van der Waals surface area contributed by atoms with E-state index in [1.54, 1.807) is 6.20 Å². The van der Waals surface area contributed by atoms with Crippen LogP contribution in [0.1, 0.15) is 0 Å². The molecule has 0 amide bonds. The SMILES string of the molecule is O=c1ncc2cncnc2n1-c1ccccc1. The van der Waals surface area contributed by atoms with Crippen molar-refractivity contribution in [1.82, 2.24) is 19.5 Å². The maximum absolute atomic E-state index is 11.8. The van der Waals surface area contributed by atoms with Crippen molar-refractivity contribution in [1.29, 1.82) is 0 Å². The standard InChI is InChI=1S/C12H8N4O/c17-12-14-7-9-6-13-8-15-11(9)16(12)10-4-2-1-3-5-10/h1-8H. The molecule has 17 heavy (non-hydrogen) atoms. The lowest BCUT2D eigenvalue weighted by atomic mass is 10.3. The minimum atomic E-state index is -0.345. The minimum Gasteiger partial charge on any atom is -0.245 e. The van der Waals surface area contributed by atoms with Gasteiger partial charge < -0.3 is 0 Å². The van der Waals surface area contributed by atoms with E-state index in [1.807, 2.05) is 30.3 Å². The van der Waals surface area contributed by atoms with Crippen LogP contribution in [0.2, 0.25) is 0 Å². The van der Waals surface area contributed by atoms with Crippen LogP contribution in [0.4, 0.5) is 0 Å². The lowest BCUT2D eigenvalue weighted by Gasteiger charge is -2.06. The van der Waals surface area contributed by atoms with Crippen LogP contribution >= 0.6 is 0 Å². The second-order valence-corrected chi connectivity index (χ2v) is 3.51. The van der Waals surface area contributed by atoms with E-state index in [9.17, 15) is 4.79 Å². The Balaban J connectivity index is 2.43. The number of fused-ring (bicyclic) bond motifs is 1. The Kier molecular flexibility index (Phi) is 2.15. The maximum atomic E-state index is 11.8. The van der Waals surface area contributed by atoms with Crippen molar-refractivity contribution < 1.29 is 0 Å². The Morgan fingerprint density at radius 3 is 2.65 bits per heavy atom. The van der Waals surface area contributed by atoms with Gasteiger partial charge in [-0.2, -0.15) is 0 Å². The molecule has 2 aromatic heterocycles. The third kappa shape index (κ3) is 1.57. The van der Waals surface area contributed by atoms with Crippen molar-refractivity contribution in [3.8, 4) is 5.69 Å². The molecular weight excluding hydrogens is 216 g/mol. The maximum Gasteiger partial charge on any atom is 0.353 e. The molecule has 2 heterocycles. The molecule has 0 aliphatic rings. The van der Waals surface area contributed by atoms with Gasteiger partial charge in [-0.1, -0.05) is 18.2 Å². The van der Waals surface area contributed by atoms with E-state index in [0.717, 1.165) is 11.1 Å². The minimum absolute atomic E-state index is 0.345. The Bertz CT molecular complexity index is 721. The molecule has 0 unspecified atom stereocenters. The molecule has 0 atom stereocenters. The summed E-state index contributed by atoms with van der Waals surface area (Å²) in [7, 11) is 0. The molecule has 0 spiro atoms. The van der Waals surface area contributed by atoms with Crippen LogP contribution in [0.3, 0.4) is 0 Å². The van der Waals surface area contributed by atoms with Gasteiger partial charge in [-0.3, -0.25) is 0 Å². The van der Waals surface area contributed by atoms with E-state index in [-0.39, 0.29) is 5.69 Å². The molecule has 0 bridgehead atoms. The van der Waals surface area contributed by atoms with Gasteiger partial charge in [0.1, 0.15) is 6.33 Å². The number of nitrogens with zero attached hydrogens (tertiary/aromatic N) is 4. The highest BCUT2D eigenvalue weighted by atomic mass is 16.1. The van der Waals surface area contributed by atoms with Gasteiger partial charge in [0.15, 0.2) is 5.65 Å². The monoisotopic (exact) mass is 224 g/mol. The van der Waals surface area contributed by atoms with E-state index in [0.29, 0.717) is 5.65 Å². The van der Waals surface area contributed by atoms with E-state index in [4.69, 9.17) is 0 Å². The third-order valence-electron chi connectivity index (χ3n) is 2.45. The molecule has 0 aliphatic carbocycles. The van der Waals surface area contributed by atoms with Gasteiger partial charge in [0, 0.05) is 12.4 Å². The summed E-state index contributed by atoms with van der Waals surface area (Å²) in [5, 5.41) is 0.732. The van der Waals surface area contributed by atoms with Crippen LogP contribution in [-0.4, -0.2) is 19.5 Å². The molecule has 0 N–H and O–H groups in total. The predicted molar refractivity (Wildman–Crippen MR) is 62.9 cm³/mol. The Hall–Kier alpha value is -2.56. The molecule has 3 aromatic rings. The lowest BCUT2D eigenvalue weighted by molar-refractivity contribution is 0.934. The van der Waals surface area contributed by atoms with Crippen molar-refractivity contribution in [2.45, 2.75) is 0 Å². The zero-order valence-corrected chi connectivity index (χ0v) is 8.82. The topological polar surface area (TPSA) is 60.7 Å². The summed E-state index contributed by atoms with van der Waals surface area (Å²) < 4.78 is 1.47. The zero-order valence-electron chi connectivity index (χ0n) is 8.82. The smallest absolute Gasteiger partial charge is 0.245 e. The number of para-hydroxylation sites is 1. The first-order valence-electron chi connectivity index (χ1n) is 5.09. The van der Waals surface area contributed by atoms with Crippen molar-refractivity contribution in [2.75, 3.05) is 0 Å². The molecule has 3 rings (SSSR count). The third-order valence-corrected chi connectivity index (χ3v) is 2.45. The molecule has 5 nitrogen and oxygen atoms in total. The van der Waals surface area contributed by atoms with Crippen LogP contribution in [0, 0.1) is 0 Å². The van der Waals surface area contributed by atoms with Crippen molar-refractivity contribution in [3.05, 3.63) is 59.5 Å². The summed E-state index contributed by atoms with van der Waals surface area (Å²) in [5.41, 5.74) is 0.961. The second kappa shape index (κ2) is 3.79. The predicted octanol–water partition coefficient (Wildman–Crippen LogP) is 1.18. The highest BCUT2D eigenvalue weighted by Gasteiger charge is 2.06. The second-order valence-electron chi connectivity index (χ2n) is 3.51. The summed E-state index contributed by atoms with van der Waals surface area (Å²) in [6, 6.07) is 9.29. The fourth-order valence-electron chi connectivity index (χ4n) is 1.69. The van der Waals surface area contributed by atoms with Crippen LogP contribution in [0.5, 0.6) is 0 Å². The van der Waals surface area contributed by atoms with Crippen molar-refractivity contribution >= 4 is 11.0 Å². The summed E-state index contributed by atoms with van der Waals surface area (Å²) in [6.45, 7) is 0. The number of rotatable bonds is 1. The normalized spacial score (nSPS) is 10.6. The highest BCUT2D eigenvalue weighted by Crippen LogP contribution is 2.11. The van der Waals surface area contributed by atoms with Gasteiger partial charge >= 0.3 is 5.69 Å². The van der Waals surface area contributed by atoms with Gasteiger partial charge in [0.25, 0.3) is 0 Å². The summed E-state index contributed by atoms with van der Waals surface area (Å²) in [6.07, 6.45) is 4.53. The Labute approximate surface area is 96.4 Å². The number of benzene rings is 1. The van der Waals surface area contributed by atoms with Crippen LogP contribution < -0.4 is 5.69 Å². The molecule has 1 aromatic carbocycles. The van der Waals surface area contributed by atoms with E-state index in [1.165, 1.54) is 17.1 Å². The molecule has 0 saturated carbocycles. The fraction of sp³-hybridized carbons (Fsp3) is 0. The first kappa shape index (κ1) is 9.65. The number of hydrogen-bond donors (Lipinski definition) is 0. The quantitative estimate of drug-likeness (QED) is 0.622. The van der Waals surface area contributed by atoms with Crippen molar-refractivity contribution in [2.24, 2.45) is 0 Å². The van der Waals surface area contributed by atoms with Gasteiger partial charge in [0.2, 0.25) is 0 Å². The van der Waals surface area contributed by atoms with Gasteiger partial charge in [-0.15, -0.1) is 0 Å². The molecule has 0 radical (unpaired) electrons. The van der Waals surface area contributed by atoms with Gasteiger partial charge in [-0.05, 0) is 12.1 Å². The average Bonchev–Trinajstić information content (AvgIpc) is 2.39. The van der Waals surface area contributed by atoms with Crippen LogP contribution in [0.25, 0.3) is 16.7 Å². The fourth-order valence-corrected chi connectivity index (χ4v) is 1.69. The zero-order chi connectivity index (χ0) is 11.7. The molecule has 0 fully saturated rings. The van der Waals surface area contributed by atoms with E-state index in [2.05, 4.69) is 15.0 Å². The molecule has 0 aliphatic heterocycles. The Morgan fingerprint density at radius 1 is 1.00 bits per heavy atom. The highest BCUT2D eigenvalue weighted by molar-refractivity contribution is 5.74. The van der Waals surface area contributed by atoms with Crippen LogP contribution in [0.15, 0.2) is 53.8 Å². The summed E-state index contributed by atoms with van der Waals surface area (Å²) in [5.74, 6) is 0. The average molecular weight is 224 g/mol. The van der Waals surface area contributed by atoms with E-state index >= 15 is 0 Å². The molecular formula is C12H8N4O. The largest absolute Gasteiger partial charge is 0.353 e. The lowest BCUT2D eigenvalue weighted by Crippen LogP contribution is -2.21. The van der Waals surface area contributed by atoms with Crippen molar-refractivity contribution in [3.63, 3.8) is 0 Å². The Morgan fingerprint density at radius 2 is 1.82 bits per heavy atom. The van der Waals surface area contributed by atoms with Gasteiger partial charge in [-0.25, -0.2) is 24.3 Å². The molecule has 5 heteroatoms. The van der Waals surface area contributed by atoms with Crippen LogP contribution in [-0.2, 0) is 0 Å².